The van der Waals surface area contributed by atoms with Gasteiger partial charge < -0.3 is 5.11 Å². The first kappa shape index (κ1) is 11.9. The highest BCUT2D eigenvalue weighted by atomic mass is 19.1. The number of hydrogen-bond donors (Lipinski definition) is 1. The Kier molecular flexibility index (Phi) is 4.22. The fraction of sp³-hybridized carbons (Fsp3) is 0.167. The SMILES string of the molecule is N#CCC=Cc1ccc(F)c(CC(=O)O)c1. The van der Waals surface area contributed by atoms with Gasteiger partial charge in [-0.3, -0.25) is 4.79 Å². The van der Waals surface area contributed by atoms with Gasteiger partial charge in [0, 0.05) is 0 Å². The number of nitriles is 1. The van der Waals surface area contributed by atoms with E-state index in [4.69, 9.17) is 10.4 Å². The zero-order valence-electron chi connectivity index (χ0n) is 8.48. The second kappa shape index (κ2) is 5.66. The predicted octanol–water partition coefficient (Wildman–Crippen LogP) is 2.38. The van der Waals surface area contributed by atoms with Crippen molar-refractivity contribution in [2.24, 2.45) is 0 Å². The molecule has 0 aliphatic carbocycles. The maximum atomic E-state index is 13.2. The fourth-order valence-corrected chi connectivity index (χ4v) is 1.24. The van der Waals surface area contributed by atoms with Gasteiger partial charge in [0.2, 0.25) is 0 Å². The predicted molar refractivity (Wildman–Crippen MR) is 57.0 cm³/mol. The van der Waals surface area contributed by atoms with E-state index in [1.54, 1.807) is 12.2 Å². The molecule has 82 valence electrons. The Morgan fingerprint density at radius 1 is 1.56 bits per heavy atom. The number of carboxylic acid groups (broad SMARTS) is 1. The average Bonchev–Trinajstić information content (AvgIpc) is 2.22. The fourth-order valence-electron chi connectivity index (χ4n) is 1.24. The minimum atomic E-state index is -1.07. The molecule has 4 heteroatoms. The van der Waals surface area contributed by atoms with Crippen LogP contribution >= 0.6 is 0 Å². The highest BCUT2D eigenvalue weighted by molar-refractivity contribution is 5.70. The largest absolute Gasteiger partial charge is 0.481 e. The van der Waals surface area contributed by atoms with E-state index in [1.807, 2.05) is 6.07 Å². The van der Waals surface area contributed by atoms with Crippen molar-refractivity contribution in [3.05, 3.63) is 41.2 Å². The van der Waals surface area contributed by atoms with Gasteiger partial charge in [-0.2, -0.15) is 5.26 Å². The molecule has 0 amide bonds. The van der Waals surface area contributed by atoms with Gasteiger partial charge in [-0.05, 0) is 23.3 Å². The molecule has 0 heterocycles. The first-order valence-corrected chi connectivity index (χ1v) is 4.67. The van der Waals surface area contributed by atoms with E-state index >= 15 is 0 Å². The molecular formula is C12H10FNO2. The minimum absolute atomic E-state index is 0.145. The van der Waals surface area contributed by atoms with Crippen molar-refractivity contribution in [2.75, 3.05) is 0 Å². The summed E-state index contributed by atoms with van der Waals surface area (Å²) < 4.78 is 13.2. The van der Waals surface area contributed by atoms with Crippen molar-refractivity contribution >= 4 is 12.0 Å². The third-order valence-corrected chi connectivity index (χ3v) is 1.93. The number of carboxylic acids is 1. The van der Waals surface area contributed by atoms with Crippen LogP contribution in [-0.2, 0) is 11.2 Å². The Morgan fingerprint density at radius 2 is 2.31 bits per heavy atom. The van der Waals surface area contributed by atoms with Gasteiger partial charge in [-0.25, -0.2) is 4.39 Å². The second-order valence-corrected chi connectivity index (χ2v) is 3.19. The Morgan fingerprint density at radius 3 is 2.94 bits per heavy atom. The maximum absolute atomic E-state index is 13.2. The summed E-state index contributed by atoms with van der Waals surface area (Å²) >= 11 is 0. The summed E-state index contributed by atoms with van der Waals surface area (Å²) in [4.78, 5) is 10.5. The van der Waals surface area contributed by atoms with E-state index in [1.165, 1.54) is 18.2 Å². The first-order chi connectivity index (χ1) is 7.63. The van der Waals surface area contributed by atoms with Crippen LogP contribution in [-0.4, -0.2) is 11.1 Å². The van der Waals surface area contributed by atoms with Crippen molar-refractivity contribution in [3.63, 3.8) is 0 Å². The van der Waals surface area contributed by atoms with Crippen LogP contribution in [0.3, 0.4) is 0 Å². The smallest absolute Gasteiger partial charge is 0.307 e. The molecule has 0 atom stereocenters. The van der Waals surface area contributed by atoms with E-state index in [0.29, 0.717) is 5.56 Å². The summed E-state index contributed by atoms with van der Waals surface area (Å²) in [6.07, 6.45) is 3.23. The number of benzene rings is 1. The van der Waals surface area contributed by atoms with Crippen LogP contribution in [0, 0.1) is 17.1 Å². The standard InChI is InChI=1S/C12H10FNO2/c13-11-5-4-9(3-1-2-6-14)7-10(11)8-12(15)16/h1,3-5,7H,2,8H2,(H,15,16). The van der Waals surface area contributed by atoms with Gasteiger partial charge in [0.05, 0.1) is 18.9 Å². The zero-order valence-corrected chi connectivity index (χ0v) is 8.48. The number of hydrogen-bond acceptors (Lipinski definition) is 2. The van der Waals surface area contributed by atoms with Crippen molar-refractivity contribution in [3.8, 4) is 6.07 Å². The second-order valence-electron chi connectivity index (χ2n) is 3.19. The lowest BCUT2D eigenvalue weighted by atomic mass is 10.1. The molecule has 0 saturated carbocycles. The molecule has 16 heavy (non-hydrogen) atoms. The van der Waals surface area contributed by atoms with Gasteiger partial charge in [-0.1, -0.05) is 18.2 Å². The lowest BCUT2D eigenvalue weighted by Gasteiger charge is -2.01. The zero-order chi connectivity index (χ0) is 12.0. The van der Waals surface area contributed by atoms with Crippen LogP contribution in [0.4, 0.5) is 4.39 Å². The maximum Gasteiger partial charge on any atom is 0.307 e. The van der Waals surface area contributed by atoms with Crippen molar-refractivity contribution in [1.82, 2.24) is 0 Å². The number of carbonyl (C=O) groups is 1. The van der Waals surface area contributed by atoms with Crippen LogP contribution in [0.1, 0.15) is 17.5 Å². The van der Waals surface area contributed by atoms with E-state index in [9.17, 15) is 9.18 Å². The van der Waals surface area contributed by atoms with Crippen LogP contribution in [0.5, 0.6) is 0 Å². The number of rotatable bonds is 4. The molecule has 0 bridgehead atoms. The highest BCUT2D eigenvalue weighted by Gasteiger charge is 2.06. The molecule has 3 nitrogen and oxygen atoms in total. The lowest BCUT2D eigenvalue weighted by Crippen LogP contribution is -2.02. The molecule has 0 unspecified atom stereocenters. The van der Waals surface area contributed by atoms with Gasteiger partial charge in [0.25, 0.3) is 0 Å². The molecule has 0 saturated heterocycles. The minimum Gasteiger partial charge on any atom is -0.481 e. The number of allylic oxidation sites excluding steroid dienone is 1. The molecular weight excluding hydrogens is 209 g/mol. The molecule has 0 aromatic heterocycles. The summed E-state index contributed by atoms with van der Waals surface area (Å²) in [5.74, 6) is -1.60. The number of nitrogens with zero attached hydrogens (tertiary/aromatic N) is 1. The molecule has 0 spiro atoms. The lowest BCUT2D eigenvalue weighted by molar-refractivity contribution is -0.136. The Labute approximate surface area is 92.4 Å². The van der Waals surface area contributed by atoms with Crippen LogP contribution in [0.15, 0.2) is 24.3 Å². The van der Waals surface area contributed by atoms with E-state index < -0.39 is 11.8 Å². The topological polar surface area (TPSA) is 61.1 Å². The van der Waals surface area contributed by atoms with Crippen LogP contribution in [0.2, 0.25) is 0 Å². The first-order valence-electron chi connectivity index (χ1n) is 4.67. The van der Waals surface area contributed by atoms with E-state index in [-0.39, 0.29) is 18.4 Å². The molecule has 0 aliphatic heterocycles. The van der Waals surface area contributed by atoms with Crippen molar-refractivity contribution in [2.45, 2.75) is 12.8 Å². The average molecular weight is 219 g/mol. The summed E-state index contributed by atoms with van der Waals surface area (Å²) in [7, 11) is 0. The number of halogens is 1. The molecule has 1 aromatic rings. The molecule has 0 fully saturated rings. The van der Waals surface area contributed by atoms with Crippen LogP contribution in [0.25, 0.3) is 6.08 Å². The Hall–Kier alpha value is -2.15. The monoisotopic (exact) mass is 219 g/mol. The van der Waals surface area contributed by atoms with E-state index in [0.717, 1.165) is 0 Å². The van der Waals surface area contributed by atoms with Gasteiger partial charge >= 0.3 is 5.97 Å². The third kappa shape index (κ3) is 3.54. The summed E-state index contributed by atoms with van der Waals surface area (Å²) in [6.45, 7) is 0. The number of aliphatic carboxylic acids is 1. The van der Waals surface area contributed by atoms with Crippen LogP contribution < -0.4 is 0 Å². The molecule has 0 radical (unpaired) electrons. The van der Waals surface area contributed by atoms with Gasteiger partial charge in [0.15, 0.2) is 0 Å². The quantitative estimate of drug-likeness (QED) is 0.845. The van der Waals surface area contributed by atoms with Gasteiger partial charge in [0.1, 0.15) is 5.82 Å². The van der Waals surface area contributed by atoms with Gasteiger partial charge in [-0.15, -0.1) is 0 Å². The summed E-state index contributed by atoms with van der Waals surface area (Å²) in [6, 6.07) is 6.17. The summed E-state index contributed by atoms with van der Waals surface area (Å²) in [5.41, 5.74) is 0.833. The Bertz CT molecular complexity index is 461. The van der Waals surface area contributed by atoms with Crippen molar-refractivity contribution < 1.29 is 14.3 Å². The van der Waals surface area contributed by atoms with Crippen molar-refractivity contribution in [1.29, 1.82) is 5.26 Å². The molecule has 1 rings (SSSR count). The third-order valence-electron chi connectivity index (χ3n) is 1.93. The van der Waals surface area contributed by atoms with E-state index in [2.05, 4.69) is 0 Å². The molecule has 1 aromatic carbocycles. The summed E-state index contributed by atoms with van der Waals surface area (Å²) in [5, 5.41) is 16.9. The Balaban J connectivity index is 2.89. The molecule has 0 aliphatic rings. The highest BCUT2D eigenvalue weighted by Crippen LogP contribution is 2.13. The molecule has 1 N–H and O–H groups in total. The normalized spacial score (nSPS) is 10.2.